The fraction of sp³-hybridized carbons (Fsp3) is 0.321. The Morgan fingerprint density at radius 3 is 2.64 bits per heavy atom. The Balaban J connectivity index is 1.60. The quantitative estimate of drug-likeness (QED) is 0.231. The summed E-state index contributed by atoms with van der Waals surface area (Å²) in [6.45, 7) is 4.42. The van der Waals surface area contributed by atoms with Crippen LogP contribution in [0.15, 0.2) is 55.0 Å². The molecular formula is C28H30F3N8O4P. The summed E-state index contributed by atoms with van der Waals surface area (Å²) >= 11 is 0. The van der Waals surface area contributed by atoms with Gasteiger partial charge in [0.1, 0.15) is 11.4 Å². The summed E-state index contributed by atoms with van der Waals surface area (Å²) in [5.74, 6) is -1.43. The van der Waals surface area contributed by atoms with Gasteiger partial charge in [0.15, 0.2) is 5.69 Å². The van der Waals surface area contributed by atoms with E-state index in [0.29, 0.717) is 35.2 Å². The Hall–Kier alpha value is -4.33. The van der Waals surface area contributed by atoms with E-state index in [1.807, 2.05) is 6.92 Å². The smallest absolute Gasteiger partial charge is 0.354 e. The molecule has 8 rings (SSSR count). The summed E-state index contributed by atoms with van der Waals surface area (Å²) in [4.78, 5) is 25.2. The second-order valence-electron chi connectivity index (χ2n) is 10.1. The first-order valence-electron chi connectivity index (χ1n) is 13.7. The number of alkyl halides is 3. The van der Waals surface area contributed by atoms with Crippen molar-refractivity contribution < 1.29 is 31.6 Å². The third-order valence-corrected chi connectivity index (χ3v) is 8.53. The summed E-state index contributed by atoms with van der Waals surface area (Å²) in [6, 6.07) is 9.70. The van der Waals surface area contributed by atoms with Crippen LogP contribution in [0.25, 0.3) is 11.3 Å². The number of nitrogens with one attached hydrogen (secondary N) is 3. The lowest BCUT2D eigenvalue weighted by atomic mass is 10.1. The molecule has 4 aliphatic rings. The maximum absolute atomic E-state index is 14.0. The third-order valence-electron chi connectivity index (χ3n) is 6.58. The van der Waals surface area contributed by atoms with Crippen LogP contribution in [0.3, 0.4) is 0 Å². The van der Waals surface area contributed by atoms with Crippen LogP contribution in [0, 0.1) is 5.92 Å². The van der Waals surface area contributed by atoms with Crippen LogP contribution in [-0.2, 0) is 32.5 Å². The Morgan fingerprint density at radius 2 is 1.93 bits per heavy atom. The van der Waals surface area contributed by atoms with Gasteiger partial charge in [-0.3, -0.25) is 14.0 Å². The second kappa shape index (κ2) is 12.7. The van der Waals surface area contributed by atoms with Crippen LogP contribution in [0.2, 0.25) is 0 Å². The number of carbonyl (C=O) groups excluding carboxylic acids is 1. The molecule has 3 aromatic heterocycles. The molecule has 4 aliphatic heterocycles. The van der Waals surface area contributed by atoms with Crippen molar-refractivity contribution in [2.45, 2.75) is 32.7 Å². The molecule has 0 fully saturated rings. The second-order valence-corrected chi connectivity index (χ2v) is 12.2. The highest BCUT2D eigenvalue weighted by Gasteiger charge is 2.36. The Morgan fingerprint density at radius 1 is 1.16 bits per heavy atom. The Labute approximate surface area is 251 Å². The fourth-order valence-corrected chi connectivity index (χ4v) is 6.25. The number of hydrogen-bond donors (Lipinski definition) is 3. The number of nitrogens with zero attached hydrogens (tertiary/aromatic N) is 5. The number of carbonyl (C=O) groups is 1. The fourth-order valence-electron chi connectivity index (χ4n) is 4.46. The van der Waals surface area contributed by atoms with Crippen molar-refractivity contribution >= 4 is 36.6 Å². The number of halogens is 3. The number of benzene rings is 1. The van der Waals surface area contributed by atoms with Gasteiger partial charge in [-0.1, -0.05) is 19.1 Å². The third kappa shape index (κ3) is 7.24. The van der Waals surface area contributed by atoms with E-state index in [1.54, 1.807) is 54.3 Å². The number of anilines is 4. The topological polar surface area (TPSA) is 145 Å². The largest absolute Gasteiger partial charge is 0.421 e. The van der Waals surface area contributed by atoms with Gasteiger partial charge < -0.3 is 25.0 Å². The van der Waals surface area contributed by atoms with Crippen molar-refractivity contribution in [1.29, 1.82) is 0 Å². The number of aromatic nitrogens is 5. The molecular weight excluding hydrogens is 600 g/mol. The average molecular weight is 631 g/mol. The monoisotopic (exact) mass is 630 g/mol. The minimum absolute atomic E-state index is 0.00614. The lowest BCUT2D eigenvalue weighted by Crippen LogP contribution is -2.21. The van der Waals surface area contributed by atoms with Crippen molar-refractivity contribution in [3.8, 4) is 11.3 Å². The van der Waals surface area contributed by atoms with Gasteiger partial charge in [-0.15, -0.1) is 0 Å². The molecule has 16 heteroatoms. The van der Waals surface area contributed by atoms with Crippen LogP contribution in [0.1, 0.15) is 35.5 Å². The summed E-state index contributed by atoms with van der Waals surface area (Å²) in [5.41, 5.74) is 0.809. The standard InChI is InChI=1S/C28H30F3N8O4P/c1-4-42-44(41)16-18-5-7-20(8-6-18)35-27-33-12-21(28(29,30)31)25(38-27)37-23-10-9-22(36-24(23)26(40)32-3)19-11-34-39(14-19)13-17(2)15-43-44/h5-12,14,17H,4,13,15-16H2,1-3H3,(H,32,40)(H2,33,35,37,38)/t17-,44?/m1/s1. The molecule has 0 spiro atoms. The molecule has 12 nitrogen and oxygen atoms in total. The summed E-state index contributed by atoms with van der Waals surface area (Å²) in [5, 5.41) is 12.4. The van der Waals surface area contributed by atoms with Crippen molar-refractivity contribution in [3.63, 3.8) is 0 Å². The highest BCUT2D eigenvalue weighted by Crippen LogP contribution is 2.51. The zero-order valence-electron chi connectivity index (χ0n) is 24.1. The van der Waals surface area contributed by atoms with Gasteiger partial charge in [0.25, 0.3) is 5.91 Å². The molecule has 1 amide bonds. The minimum Gasteiger partial charge on any atom is -0.354 e. The molecule has 44 heavy (non-hydrogen) atoms. The van der Waals surface area contributed by atoms with E-state index in [0.717, 1.165) is 0 Å². The number of rotatable bonds is 3. The van der Waals surface area contributed by atoms with Gasteiger partial charge in [0.05, 0.1) is 37.0 Å². The van der Waals surface area contributed by atoms with Crippen molar-refractivity contribution in [1.82, 2.24) is 30.0 Å². The normalized spacial score (nSPS) is 18.9. The molecule has 0 saturated heterocycles. The summed E-state index contributed by atoms with van der Waals surface area (Å²) < 4.78 is 68.5. The molecule has 3 N–H and O–H groups in total. The Kier molecular flexibility index (Phi) is 9.00. The molecule has 232 valence electrons. The molecule has 8 bridgehead atoms. The number of pyridine rings is 1. The number of hydrogen-bond acceptors (Lipinski definition) is 10. The van der Waals surface area contributed by atoms with E-state index in [-0.39, 0.29) is 42.6 Å². The van der Waals surface area contributed by atoms with E-state index in [1.165, 1.54) is 13.1 Å². The van der Waals surface area contributed by atoms with Crippen LogP contribution in [-0.4, -0.2) is 50.9 Å². The molecule has 0 saturated carbocycles. The van der Waals surface area contributed by atoms with Gasteiger partial charge >= 0.3 is 13.8 Å². The average Bonchev–Trinajstić information content (AvgIpc) is 3.44. The molecule has 0 aliphatic carbocycles. The molecule has 7 heterocycles. The number of amides is 1. The first-order valence-corrected chi connectivity index (χ1v) is 15.4. The zero-order valence-corrected chi connectivity index (χ0v) is 24.9. The predicted octanol–water partition coefficient (Wildman–Crippen LogP) is 6.00. The SMILES string of the molecule is CCOP1(=O)Cc2ccc(cc2)Nc2ncc(C(F)(F)F)c(n2)Nc2ccc(nc2C(=O)NC)-c2cnn(c2)C[C@@H](C)CO1. The maximum atomic E-state index is 14.0. The van der Waals surface area contributed by atoms with Crippen molar-refractivity contribution in [2.75, 3.05) is 30.9 Å². The predicted molar refractivity (Wildman–Crippen MR) is 157 cm³/mol. The van der Waals surface area contributed by atoms with E-state index >= 15 is 0 Å². The minimum atomic E-state index is -4.80. The van der Waals surface area contributed by atoms with Crippen LogP contribution < -0.4 is 16.0 Å². The van der Waals surface area contributed by atoms with E-state index in [2.05, 4.69) is 36.0 Å². The summed E-state index contributed by atoms with van der Waals surface area (Å²) in [6.07, 6.45) is -0.836. The van der Waals surface area contributed by atoms with Crippen molar-refractivity contribution in [2.24, 2.45) is 5.92 Å². The zero-order chi connectivity index (χ0) is 31.5. The van der Waals surface area contributed by atoms with E-state index < -0.39 is 31.1 Å². The lowest BCUT2D eigenvalue weighted by Gasteiger charge is -2.20. The maximum Gasteiger partial charge on any atom is 0.421 e. The van der Waals surface area contributed by atoms with Gasteiger partial charge in [-0.25, -0.2) is 9.97 Å². The highest BCUT2D eigenvalue weighted by atomic mass is 31.2. The molecule has 1 aromatic carbocycles. The lowest BCUT2D eigenvalue weighted by molar-refractivity contribution is -0.137. The van der Waals surface area contributed by atoms with E-state index in [9.17, 15) is 22.5 Å². The molecule has 1 unspecified atom stereocenters. The van der Waals surface area contributed by atoms with Crippen LogP contribution in [0.4, 0.5) is 36.3 Å². The van der Waals surface area contributed by atoms with Crippen molar-refractivity contribution in [3.05, 3.63) is 71.8 Å². The van der Waals surface area contributed by atoms with Crippen LogP contribution in [0.5, 0.6) is 0 Å². The molecule has 4 aromatic rings. The van der Waals surface area contributed by atoms with Crippen LogP contribution >= 0.6 is 7.60 Å². The highest BCUT2D eigenvalue weighted by molar-refractivity contribution is 7.53. The summed E-state index contributed by atoms with van der Waals surface area (Å²) in [7, 11) is -2.11. The van der Waals surface area contributed by atoms with Gasteiger partial charge in [-0.2, -0.15) is 23.3 Å². The molecule has 0 radical (unpaired) electrons. The van der Waals surface area contributed by atoms with E-state index in [4.69, 9.17) is 9.05 Å². The molecule has 2 atom stereocenters. The van der Waals surface area contributed by atoms with Gasteiger partial charge in [0, 0.05) is 37.2 Å². The first-order chi connectivity index (χ1) is 21.0. The van der Waals surface area contributed by atoms with Gasteiger partial charge in [0.2, 0.25) is 5.95 Å². The Bertz CT molecular complexity index is 1700. The first kappa shape index (κ1) is 31.1. The van der Waals surface area contributed by atoms with Gasteiger partial charge in [-0.05, 0) is 42.7 Å².